The van der Waals surface area contributed by atoms with Gasteiger partial charge >= 0.3 is 0 Å². The van der Waals surface area contributed by atoms with E-state index in [1.165, 1.54) is 23.6 Å². The van der Waals surface area contributed by atoms with Crippen molar-refractivity contribution in [3.63, 3.8) is 0 Å². The summed E-state index contributed by atoms with van der Waals surface area (Å²) in [5.74, 6) is 0.854. The van der Waals surface area contributed by atoms with E-state index in [4.69, 9.17) is 5.73 Å². The Labute approximate surface area is 113 Å². The fraction of sp³-hybridized carbons (Fsp3) is 0.353. The number of carbonyl (C=O) groups is 1. The van der Waals surface area contributed by atoms with E-state index in [2.05, 4.69) is 18.2 Å². The molecule has 3 rings (SSSR count). The molecule has 0 saturated heterocycles. The standard InChI is InChI=1S/C17H19NO/c18-17(13-8-9-13)11-15(19)10-14-6-3-5-12-4-1-2-7-16(12)14/h1-7,13,17H,8-11,18H2. The van der Waals surface area contributed by atoms with Gasteiger partial charge in [-0.25, -0.2) is 0 Å². The van der Waals surface area contributed by atoms with Crippen LogP contribution in [0.5, 0.6) is 0 Å². The molecule has 2 nitrogen and oxygen atoms in total. The van der Waals surface area contributed by atoms with Crippen LogP contribution in [0.1, 0.15) is 24.8 Å². The molecule has 0 aliphatic heterocycles. The smallest absolute Gasteiger partial charge is 0.138 e. The molecule has 2 aromatic rings. The van der Waals surface area contributed by atoms with E-state index < -0.39 is 0 Å². The van der Waals surface area contributed by atoms with Crippen molar-refractivity contribution in [1.82, 2.24) is 0 Å². The molecule has 0 amide bonds. The maximum Gasteiger partial charge on any atom is 0.138 e. The van der Waals surface area contributed by atoms with Crippen LogP contribution in [0.15, 0.2) is 42.5 Å². The molecule has 0 bridgehead atoms. The van der Waals surface area contributed by atoms with Gasteiger partial charge < -0.3 is 5.73 Å². The van der Waals surface area contributed by atoms with Gasteiger partial charge in [-0.2, -0.15) is 0 Å². The van der Waals surface area contributed by atoms with Crippen LogP contribution in [-0.4, -0.2) is 11.8 Å². The number of hydrogen-bond donors (Lipinski definition) is 1. The Morgan fingerprint density at radius 3 is 2.68 bits per heavy atom. The molecule has 1 atom stereocenters. The normalized spacial score (nSPS) is 16.5. The van der Waals surface area contributed by atoms with Gasteiger partial charge in [-0.3, -0.25) is 4.79 Å². The van der Waals surface area contributed by atoms with Gasteiger partial charge in [0.05, 0.1) is 0 Å². The number of carbonyl (C=O) groups excluding carboxylic acids is 1. The first kappa shape index (κ1) is 12.4. The second kappa shape index (κ2) is 5.14. The minimum atomic E-state index is 0.0717. The van der Waals surface area contributed by atoms with Crippen LogP contribution in [0.3, 0.4) is 0 Å². The molecule has 0 aromatic heterocycles. The van der Waals surface area contributed by atoms with Crippen molar-refractivity contribution in [3.8, 4) is 0 Å². The highest BCUT2D eigenvalue weighted by Gasteiger charge is 2.29. The van der Waals surface area contributed by atoms with Gasteiger partial charge in [0.1, 0.15) is 5.78 Å². The zero-order valence-electron chi connectivity index (χ0n) is 11.0. The highest BCUT2D eigenvalue weighted by molar-refractivity contribution is 5.91. The lowest BCUT2D eigenvalue weighted by Gasteiger charge is -2.10. The Kier molecular flexibility index (Phi) is 3.34. The number of benzene rings is 2. The Morgan fingerprint density at radius 2 is 1.89 bits per heavy atom. The summed E-state index contributed by atoms with van der Waals surface area (Å²) in [6.07, 6.45) is 3.42. The maximum absolute atomic E-state index is 12.1. The van der Waals surface area contributed by atoms with Crippen LogP contribution in [0.25, 0.3) is 10.8 Å². The summed E-state index contributed by atoms with van der Waals surface area (Å²) < 4.78 is 0. The van der Waals surface area contributed by atoms with E-state index in [1.54, 1.807) is 0 Å². The Morgan fingerprint density at radius 1 is 1.16 bits per heavy atom. The summed E-state index contributed by atoms with van der Waals surface area (Å²) in [6, 6.07) is 14.4. The molecule has 1 aliphatic carbocycles. The average molecular weight is 253 g/mol. The predicted octanol–water partition coefficient (Wildman–Crippen LogP) is 3.08. The molecule has 1 unspecified atom stereocenters. The van der Waals surface area contributed by atoms with E-state index >= 15 is 0 Å². The van der Waals surface area contributed by atoms with E-state index in [1.807, 2.05) is 24.3 Å². The summed E-state index contributed by atoms with van der Waals surface area (Å²) in [5, 5.41) is 2.37. The first-order valence-electron chi connectivity index (χ1n) is 6.98. The second-order valence-electron chi connectivity index (χ2n) is 5.56. The Hall–Kier alpha value is -1.67. The maximum atomic E-state index is 12.1. The van der Waals surface area contributed by atoms with Crippen LogP contribution in [0, 0.1) is 5.92 Å². The molecule has 2 aromatic carbocycles. The molecule has 19 heavy (non-hydrogen) atoms. The minimum absolute atomic E-state index is 0.0717. The number of rotatable bonds is 5. The van der Waals surface area contributed by atoms with E-state index in [9.17, 15) is 4.79 Å². The van der Waals surface area contributed by atoms with Crippen molar-refractivity contribution in [2.24, 2.45) is 11.7 Å². The minimum Gasteiger partial charge on any atom is -0.327 e. The van der Waals surface area contributed by atoms with Crippen molar-refractivity contribution in [2.45, 2.75) is 31.7 Å². The molecular weight excluding hydrogens is 234 g/mol. The highest BCUT2D eigenvalue weighted by atomic mass is 16.1. The average Bonchev–Trinajstić information content (AvgIpc) is 3.23. The molecule has 0 heterocycles. The van der Waals surface area contributed by atoms with Crippen LogP contribution in [0.4, 0.5) is 0 Å². The van der Waals surface area contributed by atoms with Crippen LogP contribution < -0.4 is 5.73 Å². The first-order valence-corrected chi connectivity index (χ1v) is 6.98. The zero-order chi connectivity index (χ0) is 13.2. The fourth-order valence-electron chi connectivity index (χ4n) is 2.69. The lowest BCUT2D eigenvalue weighted by molar-refractivity contribution is -0.118. The molecule has 1 aliphatic rings. The third-order valence-corrected chi connectivity index (χ3v) is 3.96. The largest absolute Gasteiger partial charge is 0.327 e. The van der Waals surface area contributed by atoms with Crippen LogP contribution in [0.2, 0.25) is 0 Å². The molecule has 1 saturated carbocycles. The Bertz CT molecular complexity index is 596. The summed E-state index contributed by atoms with van der Waals surface area (Å²) in [5.41, 5.74) is 7.14. The number of ketones is 1. The van der Waals surface area contributed by atoms with Gasteiger partial charge in [-0.05, 0) is 35.1 Å². The second-order valence-corrected chi connectivity index (χ2v) is 5.56. The van der Waals surface area contributed by atoms with Crippen LogP contribution in [-0.2, 0) is 11.2 Å². The molecule has 1 fully saturated rings. The topological polar surface area (TPSA) is 43.1 Å². The SMILES string of the molecule is NC(CC(=O)Cc1cccc2ccccc12)C1CC1. The lowest BCUT2D eigenvalue weighted by Crippen LogP contribution is -2.26. The quantitative estimate of drug-likeness (QED) is 0.889. The number of fused-ring (bicyclic) bond motifs is 1. The number of nitrogens with two attached hydrogens (primary N) is 1. The molecular formula is C17H19NO. The van der Waals surface area contributed by atoms with Crippen molar-refractivity contribution in [3.05, 3.63) is 48.0 Å². The summed E-state index contributed by atoms with van der Waals surface area (Å²) >= 11 is 0. The van der Waals surface area contributed by atoms with E-state index in [0.717, 1.165) is 5.56 Å². The van der Waals surface area contributed by atoms with Gasteiger partial charge in [0, 0.05) is 18.9 Å². The monoisotopic (exact) mass is 253 g/mol. The third-order valence-electron chi connectivity index (χ3n) is 3.96. The summed E-state index contributed by atoms with van der Waals surface area (Å²) in [7, 11) is 0. The van der Waals surface area contributed by atoms with Gasteiger partial charge in [-0.15, -0.1) is 0 Å². The van der Waals surface area contributed by atoms with Crippen LogP contribution >= 0.6 is 0 Å². The van der Waals surface area contributed by atoms with Crippen molar-refractivity contribution < 1.29 is 4.79 Å². The van der Waals surface area contributed by atoms with Gasteiger partial charge in [-0.1, -0.05) is 42.5 Å². The zero-order valence-corrected chi connectivity index (χ0v) is 11.0. The molecule has 2 N–H and O–H groups in total. The van der Waals surface area contributed by atoms with E-state index in [-0.39, 0.29) is 11.8 Å². The van der Waals surface area contributed by atoms with E-state index in [0.29, 0.717) is 18.8 Å². The van der Waals surface area contributed by atoms with Gasteiger partial charge in [0.25, 0.3) is 0 Å². The predicted molar refractivity (Wildman–Crippen MR) is 78.0 cm³/mol. The van der Waals surface area contributed by atoms with Crippen molar-refractivity contribution in [2.75, 3.05) is 0 Å². The molecule has 0 spiro atoms. The molecule has 2 heteroatoms. The summed E-state index contributed by atoms with van der Waals surface area (Å²) in [4.78, 5) is 12.1. The molecule has 0 radical (unpaired) electrons. The third kappa shape index (κ3) is 2.85. The van der Waals surface area contributed by atoms with Crippen molar-refractivity contribution in [1.29, 1.82) is 0 Å². The van der Waals surface area contributed by atoms with Crippen molar-refractivity contribution >= 4 is 16.6 Å². The molecule has 98 valence electrons. The lowest BCUT2D eigenvalue weighted by atomic mass is 9.97. The fourth-order valence-corrected chi connectivity index (χ4v) is 2.69. The Balaban J connectivity index is 1.75. The highest BCUT2D eigenvalue weighted by Crippen LogP contribution is 2.33. The number of Topliss-reactive ketones (excluding diaryl/α,β-unsaturated/α-hetero) is 1. The van der Waals surface area contributed by atoms with Gasteiger partial charge in [0.2, 0.25) is 0 Å². The summed E-state index contributed by atoms with van der Waals surface area (Å²) in [6.45, 7) is 0. The van der Waals surface area contributed by atoms with Gasteiger partial charge in [0.15, 0.2) is 0 Å². The number of hydrogen-bond acceptors (Lipinski definition) is 2. The first-order chi connectivity index (χ1) is 9.24.